The number of nitrogens with one attached hydrogen (secondary N) is 2. The molecule has 10 nitrogen and oxygen atoms in total. The Morgan fingerprint density at radius 2 is 1.54 bits per heavy atom. The van der Waals surface area contributed by atoms with Crippen molar-refractivity contribution in [2.24, 2.45) is 5.92 Å². The van der Waals surface area contributed by atoms with Crippen LogP contribution in [0.3, 0.4) is 0 Å². The summed E-state index contributed by atoms with van der Waals surface area (Å²) >= 11 is 0. The lowest BCUT2D eigenvalue weighted by Crippen LogP contribution is -2.57. The second-order valence-electron chi connectivity index (χ2n) is 13.0. The molecule has 39 heavy (non-hydrogen) atoms. The molecule has 0 bridgehead atoms. The maximum Gasteiger partial charge on any atom is 0.408 e. The molecule has 0 saturated carbocycles. The van der Waals surface area contributed by atoms with Gasteiger partial charge in [0.1, 0.15) is 23.3 Å². The topological polar surface area (TPSA) is 117 Å². The Labute approximate surface area is 231 Å². The molecule has 5 atom stereocenters. The fraction of sp³-hybridized carbons (Fsp3) is 0.655. The summed E-state index contributed by atoms with van der Waals surface area (Å²) in [6.45, 7) is 17.8. The Morgan fingerprint density at radius 3 is 2.05 bits per heavy atom. The van der Waals surface area contributed by atoms with Gasteiger partial charge in [0.2, 0.25) is 5.91 Å². The van der Waals surface area contributed by atoms with Crippen molar-refractivity contribution in [2.45, 2.75) is 117 Å². The van der Waals surface area contributed by atoms with Crippen LogP contribution in [0.15, 0.2) is 30.3 Å². The van der Waals surface area contributed by atoms with Crippen molar-refractivity contribution in [1.29, 1.82) is 0 Å². The lowest BCUT2D eigenvalue weighted by molar-refractivity contribution is -0.178. The maximum atomic E-state index is 14.1. The molecule has 0 unspecified atom stereocenters. The van der Waals surface area contributed by atoms with Gasteiger partial charge in [-0.1, -0.05) is 44.2 Å². The predicted molar refractivity (Wildman–Crippen MR) is 146 cm³/mol. The SMILES string of the molecule is CC(C)[C@H]1[C@H](NC(=O)[C@H](C)NC(=O)OC(C)(C)C)C(=O)N2N1[C@H](c1ccccc1)C[C@@]2(C)C(=O)OC(C)(C)C. The van der Waals surface area contributed by atoms with Gasteiger partial charge in [-0.2, -0.15) is 0 Å². The number of carbonyl (C=O) groups is 4. The molecule has 216 valence electrons. The third-order valence-electron chi connectivity index (χ3n) is 6.86. The number of esters is 1. The van der Waals surface area contributed by atoms with Crippen molar-refractivity contribution < 1.29 is 28.7 Å². The molecule has 0 spiro atoms. The maximum absolute atomic E-state index is 14.1. The second-order valence-corrected chi connectivity index (χ2v) is 13.0. The standard InChI is InChI=1S/C29H44N4O6/c1-17(2)22-21(31-23(34)18(3)30-26(37)39-28(7,8)9)24(35)33-29(10,25(36)38-27(4,5)6)16-20(32(22)33)19-14-12-11-13-15-19/h11-15,17-18,20-22H,16H2,1-10H3,(H,30,37)(H,31,34)/t18-,20-,21-,22-,29-/m0/s1. The Balaban J connectivity index is 1.96. The van der Waals surface area contributed by atoms with Crippen LogP contribution in [-0.4, -0.2) is 68.8 Å². The molecule has 0 aromatic heterocycles. The zero-order valence-electron chi connectivity index (χ0n) is 24.8. The molecule has 2 aliphatic heterocycles. The molecule has 3 rings (SSSR count). The first-order chi connectivity index (χ1) is 17.9. The molecular formula is C29H44N4O6. The first-order valence-electron chi connectivity index (χ1n) is 13.6. The van der Waals surface area contributed by atoms with Gasteiger partial charge in [0.05, 0.1) is 12.1 Å². The van der Waals surface area contributed by atoms with Crippen molar-refractivity contribution >= 4 is 23.9 Å². The predicted octanol–water partition coefficient (Wildman–Crippen LogP) is 3.71. The number of fused-ring (bicyclic) bond motifs is 1. The van der Waals surface area contributed by atoms with Gasteiger partial charge in [-0.15, -0.1) is 0 Å². The molecule has 2 heterocycles. The van der Waals surface area contributed by atoms with E-state index in [4.69, 9.17) is 9.47 Å². The molecular weight excluding hydrogens is 500 g/mol. The van der Waals surface area contributed by atoms with Crippen LogP contribution in [0, 0.1) is 5.92 Å². The van der Waals surface area contributed by atoms with Crippen LogP contribution in [0.4, 0.5) is 4.79 Å². The quantitative estimate of drug-likeness (QED) is 0.524. The average molecular weight is 545 g/mol. The van der Waals surface area contributed by atoms with E-state index in [9.17, 15) is 19.2 Å². The number of benzene rings is 1. The van der Waals surface area contributed by atoms with Crippen LogP contribution >= 0.6 is 0 Å². The fourth-order valence-electron chi connectivity index (χ4n) is 5.25. The minimum atomic E-state index is -1.28. The number of hydrogen-bond donors (Lipinski definition) is 2. The van der Waals surface area contributed by atoms with Crippen LogP contribution in [0.25, 0.3) is 0 Å². The van der Waals surface area contributed by atoms with E-state index in [1.807, 2.05) is 49.2 Å². The second kappa shape index (κ2) is 10.8. The molecule has 0 aliphatic carbocycles. The number of hydrogen-bond acceptors (Lipinski definition) is 7. The van der Waals surface area contributed by atoms with Crippen LogP contribution < -0.4 is 10.6 Å². The third kappa shape index (κ3) is 6.54. The van der Waals surface area contributed by atoms with Gasteiger partial charge < -0.3 is 20.1 Å². The lowest BCUT2D eigenvalue weighted by atomic mass is 9.87. The van der Waals surface area contributed by atoms with Crippen LogP contribution in [0.2, 0.25) is 0 Å². The molecule has 0 radical (unpaired) electrons. The van der Waals surface area contributed by atoms with E-state index in [0.717, 1.165) is 5.56 Å². The smallest absolute Gasteiger partial charge is 0.408 e. The van der Waals surface area contributed by atoms with E-state index in [0.29, 0.717) is 6.42 Å². The lowest BCUT2D eigenvalue weighted by Gasteiger charge is -2.37. The molecule has 10 heteroatoms. The summed E-state index contributed by atoms with van der Waals surface area (Å²) < 4.78 is 11.1. The summed E-state index contributed by atoms with van der Waals surface area (Å²) in [4.78, 5) is 53.1. The largest absolute Gasteiger partial charge is 0.458 e. The summed E-state index contributed by atoms with van der Waals surface area (Å²) in [5, 5.41) is 8.84. The molecule has 2 fully saturated rings. The average Bonchev–Trinajstić information content (AvgIpc) is 3.25. The van der Waals surface area contributed by atoms with Crippen LogP contribution in [-0.2, 0) is 23.9 Å². The number of alkyl carbamates (subject to hydrolysis) is 1. The zero-order valence-corrected chi connectivity index (χ0v) is 24.8. The van der Waals surface area contributed by atoms with E-state index < -0.39 is 58.7 Å². The van der Waals surface area contributed by atoms with Crippen molar-refractivity contribution in [2.75, 3.05) is 0 Å². The molecule has 2 N–H and O–H groups in total. The van der Waals surface area contributed by atoms with Gasteiger partial charge in [-0.25, -0.2) is 14.6 Å². The Kier molecular flexibility index (Phi) is 8.41. The van der Waals surface area contributed by atoms with Crippen LogP contribution in [0.1, 0.15) is 87.3 Å². The summed E-state index contributed by atoms with van der Waals surface area (Å²) in [6.07, 6.45) is -0.382. The van der Waals surface area contributed by atoms with Crippen LogP contribution in [0.5, 0.6) is 0 Å². The Hall–Kier alpha value is -3.14. The molecule has 3 amide bonds. The van der Waals surface area contributed by atoms with E-state index in [2.05, 4.69) is 10.6 Å². The highest BCUT2D eigenvalue weighted by Crippen LogP contribution is 2.50. The monoisotopic (exact) mass is 544 g/mol. The molecule has 1 aromatic carbocycles. The number of amides is 3. The highest BCUT2D eigenvalue weighted by Gasteiger charge is 2.65. The number of rotatable bonds is 6. The molecule has 2 aliphatic rings. The minimum Gasteiger partial charge on any atom is -0.458 e. The molecule has 1 aromatic rings. The minimum absolute atomic E-state index is 0.0643. The van der Waals surface area contributed by atoms with Gasteiger partial charge in [-0.3, -0.25) is 14.6 Å². The Morgan fingerprint density at radius 1 is 0.974 bits per heavy atom. The van der Waals surface area contributed by atoms with Gasteiger partial charge >= 0.3 is 12.1 Å². The molecule has 2 saturated heterocycles. The summed E-state index contributed by atoms with van der Waals surface area (Å²) in [7, 11) is 0. The third-order valence-corrected chi connectivity index (χ3v) is 6.86. The van der Waals surface area contributed by atoms with Crippen molar-refractivity contribution in [3.05, 3.63) is 35.9 Å². The number of hydrazine groups is 1. The van der Waals surface area contributed by atoms with Gasteiger partial charge in [0, 0.05) is 6.42 Å². The first kappa shape index (κ1) is 30.4. The van der Waals surface area contributed by atoms with E-state index >= 15 is 0 Å². The van der Waals surface area contributed by atoms with Gasteiger partial charge in [0.25, 0.3) is 5.91 Å². The first-order valence-corrected chi connectivity index (χ1v) is 13.6. The highest BCUT2D eigenvalue weighted by atomic mass is 16.6. The number of ether oxygens (including phenoxy) is 2. The highest BCUT2D eigenvalue weighted by molar-refractivity contribution is 5.96. The summed E-state index contributed by atoms with van der Waals surface area (Å²) in [5.74, 6) is -1.48. The summed E-state index contributed by atoms with van der Waals surface area (Å²) in [5.41, 5.74) is -1.79. The van der Waals surface area contributed by atoms with E-state index in [1.165, 1.54) is 11.9 Å². The van der Waals surface area contributed by atoms with Gasteiger partial charge in [-0.05, 0) is 66.9 Å². The normalized spacial score (nSPS) is 26.3. The number of nitrogens with zero attached hydrogens (tertiary/aromatic N) is 2. The van der Waals surface area contributed by atoms with Crippen molar-refractivity contribution in [1.82, 2.24) is 20.7 Å². The Bertz CT molecular complexity index is 1090. The van der Waals surface area contributed by atoms with E-state index in [-0.39, 0.29) is 12.0 Å². The van der Waals surface area contributed by atoms with E-state index in [1.54, 1.807) is 48.5 Å². The fourth-order valence-corrected chi connectivity index (χ4v) is 5.25. The number of carbonyl (C=O) groups excluding carboxylic acids is 4. The van der Waals surface area contributed by atoms with Crippen molar-refractivity contribution in [3.63, 3.8) is 0 Å². The van der Waals surface area contributed by atoms with Gasteiger partial charge in [0.15, 0.2) is 5.54 Å². The summed E-state index contributed by atoms with van der Waals surface area (Å²) in [6, 6.07) is 7.10. The van der Waals surface area contributed by atoms with Crippen molar-refractivity contribution in [3.8, 4) is 0 Å². The zero-order chi connectivity index (χ0) is 29.5.